The molecule has 0 saturated heterocycles. The van der Waals surface area contributed by atoms with Gasteiger partial charge in [-0.1, -0.05) is 23.7 Å². The van der Waals surface area contributed by atoms with Crippen molar-refractivity contribution in [3.8, 4) is 0 Å². The van der Waals surface area contributed by atoms with Gasteiger partial charge in [0.2, 0.25) is 0 Å². The highest BCUT2D eigenvalue weighted by Crippen LogP contribution is 2.30. The van der Waals surface area contributed by atoms with E-state index in [0.717, 1.165) is 16.8 Å². The van der Waals surface area contributed by atoms with E-state index in [1.54, 1.807) is 17.8 Å². The van der Waals surface area contributed by atoms with Gasteiger partial charge in [0.1, 0.15) is 11.0 Å². The van der Waals surface area contributed by atoms with Gasteiger partial charge in [-0.25, -0.2) is 4.39 Å². The summed E-state index contributed by atoms with van der Waals surface area (Å²) in [6.07, 6.45) is 0.525. The van der Waals surface area contributed by atoms with E-state index < -0.39 is 0 Å². The van der Waals surface area contributed by atoms with Crippen molar-refractivity contribution in [1.82, 2.24) is 15.2 Å². The zero-order valence-corrected chi connectivity index (χ0v) is 13.5. The third kappa shape index (κ3) is 2.88. The molecule has 7 heteroatoms. The Bertz CT molecular complexity index is 629. The van der Waals surface area contributed by atoms with E-state index in [1.165, 1.54) is 6.07 Å². The second-order valence-corrected chi connectivity index (χ2v) is 5.70. The average Bonchev–Trinajstić information content (AvgIpc) is 2.65. The molecule has 1 unspecified atom stereocenters. The Morgan fingerprint density at radius 3 is 2.80 bits per heavy atom. The molecule has 3 N–H and O–H groups in total. The minimum Gasteiger partial charge on any atom is -0.271 e. The summed E-state index contributed by atoms with van der Waals surface area (Å²) in [7, 11) is 1.78. The summed E-state index contributed by atoms with van der Waals surface area (Å²) in [5.41, 5.74) is 5.18. The number of nitrogens with zero attached hydrogens (tertiary/aromatic N) is 2. The molecule has 0 spiro atoms. The summed E-state index contributed by atoms with van der Waals surface area (Å²) >= 11 is 9.47. The molecule has 0 bridgehead atoms. The van der Waals surface area contributed by atoms with Gasteiger partial charge in [0.15, 0.2) is 0 Å². The predicted molar refractivity (Wildman–Crippen MR) is 80.8 cm³/mol. The molecule has 20 heavy (non-hydrogen) atoms. The van der Waals surface area contributed by atoms with Gasteiger partial charge in [-0.3, -0.25) is 16.0 Å². The van der Waals surface area contributed by atoms with E-state index in [-0.39, 0.29) is 11.9 Å². The summed E-state index contributed by atoms with van der Waals surface area (Å²) in [6, 6.07) is 4.60. The zero-order valence-electron chi connectivity index (χ0n) is 11.1. The monoisotopic (exact) mass is 360 g/mol. The normalized spacial score (nSPS) is 12.7. The summed E-state index contributed by atoms with van der Waals surface area (Å²) in [6.45, 7) is 1.88. The number of hydrogen-bond acceptors (Lipinski definition) is 3. The lowest BCUT2D eigenvalue weighted by molar-refractivity contribution is 0.539. The van der Waals surface area contributed by atoms with Gasteiger partial charge in [0.05, 0.1) is 16.2 Å². The second kappa shape index (κ2) is 6.22. The van der Waals surface area contributed by atoms with Crippen LogP contribution in [-0.4, -0.2) is 9.78 Å². The molecule has 0 aliphatic heterocycles. The molecule has 0 radical (unpaired) electrons. The number of nitrogens with two attached hydrogens (primary N) is 1. The van der Waals surface area contributed by atoms with E-state index in [9.17, 15) is 4.39 Å². The van der Waals surface area contributed by atoms with E-state index in [1.807, 2.05) is 13.0 Å². The van der Waals surface area contributed by atoms with Crippen molar-refractivity contribution in [2.75, 3.05) is 0 Å². The van der Waals surface area contributed by atoms with E-state index in [2.05, 4.69) is 26.5 Å². The molecule has 0 aliphatic rings. The van der Waals surface area contributed by atoms with Gasteiger partial charge >= 0.3 is 0 Å². The Kier molecular flexibility index (Phi) is 4.80. The SMILES string of the molecule is Cc1nn(C)c(Cl)c1CC(NN)c1cccc(F)c1Br. The fourth-order valence-corrected chi connectivity index (χ4v) is 2.95. The lowest BCUT2D eigenvalue weighted by Gasteiger charge is -2.18. The van der Waals surface area contributed by atoms with E-state index in [0.29, 0.717) is 16.0 Å². The van der Waals surface area contributed by atoms with Gasteiger partial charge in [-0.15, -0.1) is 0 Å². The zero-order chi connectivity index (χ0) is 14.9. The summed E-state index contributed by atoms with van der Waals surface area (Å²) in [4.78, 5) is 0. The highest BCUT2D eigenvalue weighted by atomic mass is 79.9. The third-order valence-electron chi connectivity index (χ3n) is 3.24. The number of rotatable bonds is 4. The van der Waals surface area contributed by atoms with Gasteiger partial charge in [0.25, 0.3) is 0 Å². The Morgan fingerprint density at radius 2 is 2.25 bits per heavy atom. The standard InChI is InChI=1S/C13H15BrClFN4/c1-7-9(13(15)20(2)19-7)6-11(18-17)8-4-3-5-10(16)12(8)14/h3-5,11,18H,6,17H2,1-2H3. The Labute approximate surface area is 130 Å². The Morgan fingerprint density at radius 1 is 1.55 bits per heavy atom. The third-order valence-corrected chi connectivity index (χ3v) is 4.55. The van der Waals surface area contributed by atoms with Crippen LogP contribution in [0.15, 0.2) is 22.7 Å². The first kappa shape index (κ1) is 15.4. The maximum absolute atomic E-state index is 13.6. The largest absolute Gasteiger partial charge is 0.271 e. The van der Waals surface area contributed by atoms with Crippen LogP contribution in [0.5, 0.6) is 0 Å². The molecule has 1 heterocycles. The van der Waals surface area contributed by atoms with Crippen LogP contribution < -0.4 is 11.3 Å². The van der Waals surface area contributed by atoms with Crippen LogP contribution in [0.1, 0.15) is 22.9 Å². The van der Waals surface area contributed by atoms with Crippen molar-refractivity contribution in [1.29, 1.82) is 0 Å². The quantitative estimate of drug-likeness (QED) is 0.650. The lowest BCUT2D eigenvalue weighted by Crippen LogP contribution is -2.30. The molecule has 2 rings (SSSR count). The molecule has 4 nitrogen and oxygen atoms in total. The van der Waals surface area contributed by atoms with Crippen LogP contribution in [0.4, 0.5) is 4.39 Å². The van der Waals surface area contributed by atoms with Crippen molar-refractivity contribution in [2.24, 2.45) is 12.9 Å². The van der Waals surface area contributed by atoms with Gasteiger partial charge < -0.3 is 0 Å². The summed E-state index contributed by atoms with van der Waals surface area (Å²) in [5.74, 6) is 5.29. The molecule has 0 aliphatic carbocycles. The molecule has 1 aromatic heterocycles. The molecule has 1 atom stereocenters. The van der Waals surface area contributed by atoms with Crippen LogP contribution in [-0.2, 0) is 13.5 Å². The topological polar surface area (TPSA) is 55.9 Å². The molecule has 2 aromatic rings. The first-order chi connectivity index (χ1) is 9.45. The van der Waals surface area contributed by atoms with Crippen LogP contribution in [0.25, 0.3) is 0 Å². The molecule has 0 saturated carbocycles. The second-order valence-electron chi connectivity index (χ2n) is 4.54. The van der Waals surface area contributed by atoms with Gasteiger partial charge in [-0.05, 0) is 40.9 Å². The number of aryl methyl sites for hydroxylation is 2. The Hall–Kier alpha value is -0.950. The highest BCUT2D eigenvalue weighted by Gasteiger charge is 2.20. The molecule has 1 aromatic carbocycles. The fraction of sp³-hybridized carbons (Fsp3) is 0.308. The first-order valence-corrected chi connectivity index (χ1v) is 7.20. The van der Waals surface area contributed by atoms with Gasteiger partial charge in [-0.2, -0.15) is 5.10 Å². The predicted octanol–water partition coefficient (Wildman–Crippen LogP) is 3.03. The Balaban J connectivity index is 2.36. The number of hydrazine groups is 1. The van der Waals surface area contributed by atoms with E-state index >= 15 is 0 Å². The van der Waals surface area contributed by atoms with Crippen molar-refractivity contribution in [3.63, 3.8) is 0 Å². The lowest BCUT2D eigenvalue weighted by atomic mass is 10.00. The smallest absolute Gasteiger partial charge is 0.137 e. The molecular formula is C13H15BrClFN4. The maximum atomic E-state index is 13.6. The van der Waals surface area contributed by atoms with Crippen molar-refractivity contribution in [3.05, 3.63) is 50.5 Å². The number of benzene rings is 1. The van der Waals surface area contributed by atoms with Crippen LogP contribution in [0.3, 0.4) is 0 Å². The van der Waals surface area contributed by atoms with Crippen LogP contribution in [0.2, 0.25) is 5.15 Å². The number of aromatic nitrogens is 2. The highest BCUT2D eigenvalue weighted by molar-refractivity contribution is 9.10. The number of hydrogen-bond donors (Lipinski definition) is 2. The fourth-order valence-electron chi connectivity index (χ4n) is 2.16. The average molecular weight is 362 g/mol. The van der Waals surface area contributed by atoms with Crippen molar-refractivity contribution >= 4 is 27.5 Å². The van der Waals surface area contributed by atoms with Gasteiger partial charge in [0, 0.05) is 12.6 Å². The molecule has 108 valence electrons. The van der Waals surface area contributed by atoms with Crippen LogP contribution >= 0.6 is 27.5 Å². The molecule has 0 fully saturated rings. The molecule has 0 amide bonds. The minimum absolute atomic E-state index is 0.263. The summed E-state index contributed by atoms with van der Waals surface area (Å²) < 4.78 is 15.6. The number of nitrogens with one attached hydrogen (secondary N) is 1. The maximum Gasteiger partial charge on any atom is 0.137 e. The summed E-state index contributed by atoms with van der Waals surface area (Å²) in [5, 5.41) is 4.83. The first-order valence-electron chi connectivity index (χ1n) is 6.03. The van der Waals surface area contributed by atoms with E-state index in [4.69, 9.17) is 17.4 Å². The minimum atomic E-state index is -0.322. The number of halogens is 3. The van der Waals surface area contributed by atoms with Crippen LogP contribution in [0, 0.1) is 12.7 Å². The van der Waals surface area contributed by atoms with Crippen molar-refractivity contribution in [2.45, 2.75) is 19.4 Å². The van der Waals surface area contributed by atoms with Crippen molar-refractivity contribution < 1.29 is 4.39 Å². The molecular weight excluding hydrogens is 347 g/mol.